The van der Waals surface area contributed by atoms with Crippen LogP contribution < -0.4 is 9.47 Å². The third kappa shape index (κ3) is 10.4. The molecule has 324 valence electrons. The summed E-state index contributed by atoms with van der Waals surface area (Å²) in [4.78, 5) is 21.9. The lowest BCUT2D eigenvalue weighted by Crippen LogP contribution is -2.69. The van der Waals surface area contributed by atoms with E-state index < -0.39 is 29.4 Å². The topological polar surface area (TPSA) is 119 Å². The summed E-state index contributed by atoms with van der Waals surface area (Å²) in [5.74, 6) is 0.251. The molecule has 0 aromatic heterocycles. The monoisotopic (exact) mass is 822 g/mol. The Labute approximate surface area is 357 Å². The number of oxime groups is 1. The Morgan fingerprint density at radius 2 is 1.58 bits per heavy atom. The first-order chi connectivity index (χ1) is 28.7. The van der Waals surface area contributed by atoms with Crippen LogP contribution in [0.2, 0.25) is 0 Å². The maximum atomic E-state index is 14.1. The Morgan fingerprint density at radius 1 is 0.917 bits per heavy atom. The van der Waals surface area contributed by atoms with Gasteiger partial charge >= 0.3 is 6.09 Å². The number of likely N-dealkylation sites (N-methyl/N-ethyl adjacent to an activating group) is 1. The fraction of sp³-hybridized carbons (Fsp3) is 0.520. The van der Waals surface area contributed by atoms with Gasteiger partial charge in [-0.25, -0.2) is 4.79 Å². The van der Waals surface area contributed by atoms with E-state index in [9.17, 15) is 15.0 Å². The van der Waals surface area contributed by atoms with Crippen molar-refractivity contribution in [1.82, 2.24) is 4.90 Å². The second-order valence-electron chi connectivity index (χ2n) is 18.7. The Bertz CT molecular complexity index is 1960. The van der Waals surface area contributed by atoms with Gasteiger partial charge in [0.15, 0.2) is 0 Å². The molecule has 10 nitrogen and oxygen atoms in total. The molecule has 0 spiro atoms. The van der Waals surface area contributed by atoms with Gasteiger partial charge in [0.25, 0.3) is 0 Å². The van der Waals surface area contributed by atoms with Crippen LogP contribution in [0.1, 0.15) is 98.0 Å². The Balaban J connectivity index is 1.52. The van der Waals surface area contributed by atoms with Crippen molar-refractivity contribution in [2.45, 2.75) is 110 Å². The number of amides is 1. The zero-order valence-electron chi connectivity index (χ0n) is 36.7. The van der Waals surface area contributed by atoms with E-state index in [0.717, 1.165) is 53.7 Å². The van der Waals surface area contributed by atoms with E-state index in [4.69, 9.17) is 28.9 Å². The molecule has 3 aromatic carbocycles. The summed E-state index contributed by atoms with van der Waals surface area (Å²) in [6.07, 6.45) is 8.59. The van der Waals surface area contributed by atoms with Crippen LogP contribution in [0.4, 0.5) is 4.79 Å². The maximum absolute atomic E-state index is 14.1. The first-order valence-corrected chi connectivity index (χ1v) is 21.7. The third-order valence-electron chi connectivity index (χ3n) is 11.7. The van der Waals surface area contributed by atoms with Crippen LogP contribution in [0.25, 0.3) is 11.1 Å². The molecule has 1 amide bonds. The Morgan fingerprint density at radius 3 is 2.23 bits per heavy atom. The number of ether oxygens (including phenoxy) is 4. The smallest absolute Gasteiger partial charge is 0.410 e. The minimum atomic E-state index is -1.37. The number of carbonyl (C=O) groups excluding carboxylic acids is 1. The predicted octanol–water partition coefficient (Wildman–Crippen LogP) is 10.7. The summed E-state index contributed by atoms with van der Waals surface area (Å²) in [5, 5.41) is 24.7. The first kappa shape index (κ1) is 44.9. The van der Waals surface area contributed by atoms with Crippen LogP contribution in [0.3, 0.4) is 0 Å². The Hall–Kier alpha value is -4.64. The van der Waals surface area contributed by atoms with E-state index in [-0.39, 0.29) is 56.0 Å². The lowest BCUT2D eigenvalue weighted by atomic mass is 9.55. The molecule has 6 unspecified atom stereocenters. The van der Waals surface area contributed by atoms with Crippen molar-refractivity contribution in [2.24, 2.45) is 28.3 Å². The molecule has 1 heterocycles. The van der Waals surface area contributed by atoms with Gasteiger partial charge in [0, 0.05) is 38.2 Å². The van der Waals surface area contributed by atoms with Crippen LogP contribution >= 0.6 is 0 Å². The molecule has 2 aliphatic carbocycles. The number of aliphatic hydroxyl groups excluding tert-OH is 2. The van der Waals surface area contributed by atoms with Crippen LogP contribution in [-0.4, -0.2) is 77.8 Å². The van der Waals surface area contributed by atoms with E-state index in [2.05, 4.69) is 43.0 Å². The van der Waals surface area contributed by atoms with Crippen molar-refractivity contribution < 1.29 is 38.8 Å². The molecule has 1 saturated carbocycles. The molecule has 60 heavy (non-hydrogen) atoms. The molecule has 1 aliphatic heterocycles. The standard InChI is InChI=1S/C50H66N2O8/c1-9-29-57-50-44(52(8)47(55)56-33-48(2,3)4)32-42(51-60-49(5,6)7)40-30-36(19-13-15-27-53)39(20-14-16-28-54)45(46(40)50)41-31-38(25-26-43(41)59-50)58-37-23-21-35(22-24-37)34-17-11-10-12-18-34/h9-12,17-18,21-26,30-31,36,39,44-46,53-54H,1,13-16,19-20,27-29,32-33H2,2-8H3. The number of benzene rings is 3. The number of nitrogens with zero attached hydrogens (tertiary/aromatic N) is 2. The number of hydrogen-bond donors (Lipinski definition) is 2. The van der Waals surface area contributed by atoms with Gasteiger partial charge in [-0.15, -0.1) is 6.58 Å². The summed E-state index contributed by atoms with van der Waals surface area (Å²) in [6.45, 7) is 16.6. The molecular weight excluding hydrogens is 757 g/mol. The van der Waals surface area contributed by atoms with Crippen LogP contribution in [0, 0.1) is 23.2 Å². The minimum Gasteiger partial charge on any atom is -0.459 e. The van der Waals surface area contributed by atoms with E-state index >= 15 is 0 Å². The quantitative estimate of drug-likeness (QED) is 0.0785. The summed E-state index contributed by atoms with van der Waals surface area (Å²) < 4.78 is 26.8. The summed E-state index contributed by atoms with van der Waals surface area (Å²) >= 11 is 0. The molecule has 3 aliphatic rings. The van der Waals surface area contributed by atoms with Gasteiger partial charge in [0.2, 0.25) is 5.79 Å². The van der Waals surface area contributed by atoms with Crippen molar-refractivity contribution in [3.05, 3.63) is 103 Å². The second kappa shape index (κ2) is 19.4. The normalized spacial score (nSPS) is 24.1. The molecule has 6 atom stereocenters. The average molecular weight is 823 g/mol. The highest BCUT2D eigenvalue weighted by Gasteiger charge is 2.65. The molecule has 0 radical (unpaired) electrons. The molecule has 10 heteroatoms. The summed E-state index contributed by atoms with van der Waals surface area (Å²) in [7, 11) is 1.75. The molecule has 0 saturated heterocycles. The highest BCUT2D eigenvalue weighted by atomic mass is 16.7. The van der Waals surface area contributed by atoms with E-state index in [1.807, 2.05) is 84.0 Å². The number of rotatable bonds is 17. The van der Waals surface area contributed by atoms with Gasteiger partial charge in [0.05, 0.1) is 24.8 Å². The van der Waals surface area contributed by atoms with Crippen molar-refractivity contribution in [1.29, 1.82) is 0 Å². The average Bonchev–Trinajstić information content (AvgIpc) is 3.22. The van der Waals surface area contributed by atoms with Crippen LogP contribution in [-0.2, 0) is 14.3 Å². The lowest BCUT2D eigenvalue weighted by molar-refractivity contribution is -0.254. The fourth-order valence-electron chi connectivity index (χ4n) is 8.97. The van der Waals surface area contributed by atoms with E-state index in [0.29, 0.717) is 30.1 Å². The van der Waals surface area contributed by atoms with Gasteiger partial charge in [-0.2, -0.15) is 0 Å². The largest absolute Gasteiger partial charge is 0.459 e. The van der Waals surface area contributed by atoms with Crippen LogP contribution in [0.15, 0.2) is 102 Å². The number of aliphatic hydroxyl groups is 2. The highest BCUT2D eigenvalue weighted by molar-refractivity contribution is 6.03. The van der Waals surface area contributed by atoms with Crippen LogP contribution in [0.5, 0.6) is 17.2 Å². The van der Waals surface area contributed by atoms with Crippen molar-refractivity contribution >= 4 is 11.8 Å². The van der Waals surface area contributed by atoms with Gasteiger partial charge in [-0.3, -0.25) is 0 Å². The molecule has 2 N–H and O–H groups in total. The molecule has 3 aromatic rings. The second-order valence-corrected chi connectivity index (χ2v) is 18.7. The number of carbonyl (C=O) groups is 1. The molecular formula is C50H66N2O8. The van der Waals surface area contributed by atoms with E-state index in [1.54, 1.807) is 18.0 Å². The first-order valence-electron chi connectivity index (χ1n) is 21.7. The zero-order chi connectivity index (χ0) is 43.1. The van der Waals surface area contributed by atoms with Gasteiger partial charge in [0.1, 0.15) is 28.9 Å². The number of allylic oxidation sites excluding steroid dienone is 1. The molecule has 6 rings (SSSR count). The third-order valence-corrected chi connectivity index (χ3v) is 11.7. The van der Waals surface area contributed by atoms with E-state index in [1.165, 1.54) is 0 Å². The number of unbranched alkanes of at least 4 members (excludes halogenated alkanes) is 2. The predicted molar refractivity (Wildman–Crippen MR) is 236 cm³/mol. The highest BCUT2D eigenvalue weighted by Crippen LogP contribution is 2.62. The summed E-state index contributed by atoms with van der Waals surface area (Å²) in [5.41, 5.74) is 4.11. The van der Waals surface area contributed by atoms with Crippen molar-refractivity contribution in [3.63, 3.8) is 0 Å². The SMILES string of the molecule is C=CCOC12Oc3ccc(Oc4ccc(-c5ccccc5)cc4)cc3C3C(CCCCO)C(CCCCO)C=C(C(=NOC(C)(C)C)CC1N(C)C(=O)OCC(C)(C)C)C32. The minimum absolute atomic E-state index is 0.0837. The fourth-order valence-corrected chi connectivity index (χ4v) is 8.97. The zero-order valence-corrected chi connectivity index (χ0v) is 36.7. The summed E-state index contributed by atoms with van der Waals surface area (Å²) in [6, 6.07) is 23.7. The molecule has 0 bridgehead atoms. The van der Waals surface area contributed by atoms with Crippen molar-refractivity contribution in [3.8, 4) is 28.4 Å². The number of hydrogen-bond acceptors (Lipinski definition) is 9. The van der Waals surface area contributed by atoms with Crippen molar-refractivity contribution in [2.75, 3.05) is 33.5 Å². The Kier molecular flexibility index (Phi) is 14.5. The molecule has 1 fully saturated rings. The van der Waals surface area contributed by atoms with Gasteiger partial charge in [-0.1, -0.05) is 93.4 Å². The lowest BCUT2D eigenvalue weighted by Gasteiger charge is -2.59. The maximum Gasteiger partial charge on any atom is 0.410 e. The van der Waals surface area contributed by atoms with Gasteiger partial charge in [-0.05, 0) is 111 Å². The van der Waals surface area contributed by atoms with Gasteiger partial charge < -0.3 is 38.9 Å². The number of fused-ring (bicyclic) bond motifs is 2.